The molecule has 0 amide bonds. The van der Waals surface area contributed by atoms with E-state index in [1.54, 1.807) is 12.1 Å². The van der Waals surface area contributed by atoms with Crippen molar-refractivity contribution in [1.29, 1.82) is 0 Å². The number of likely N-dealkylation sites (N-methyl/N-ethyl adjacent to an activating group) is 1. The molecule has 0 saturated heterocycles. The van der Waals surface area contributed by atoms with Gasteiger partial charge in [0.1, 0.15) is 6.61 Å². The van der Waals surface area contributed by atoms with E-state index < -0.39 is 5.82 Å². The van der Waals surface area contributed by atoms with Crippen molar-refractivity contribution >= 4 is 5.69 Å². The third-order valence-corrected chi connectivity index (χ3v) is 1.78. The summed E-state index contributed by atoms with van der Waals surface area (Å²) in [6.07, 6.45) is 0. The van der Waals surface area contributed by atoms with Crippen molar-refractivity contribution in [3.05, 3.63) is 24.0 Å². The average Bonchev–Trinajstić information content (AvgIpc) is 2.09. The molecular weight excluding hydrogens is 183 g/mol. The summed E-state index contributed by atoms with van der Waals surface area (Å²) < 4.78 is 18.4. The molecule has 1 aromatic rings. The van der Waals surface area contributed by atoms with Gasteiger partial charge in [-0.25, -0.2) is 4.39 Å². The highest BCUT2D eigenvalue weighted by Crippen LogP contribution is 2.24. The first-order valence-corrected chi connectivity index (χ1v) is 4.43. The number of nitrogens with zero attached hydrogens (tertiary/aromatic N) is 1. The van der Waals surface area contributed by atoms with Crippen molar-refractivity contribution in [3.63, 3.8) is 0 Å². The molecule has 0 spiro atoms. The number of benzene rings is 1. The molecule has 0 heterocycles. The van der Waals surface area contributed by atoms with Gasteiger partial charge >= 0.3 is 0 Å². The number of nitrogens with two attached hydrogens (primary N) is 1. The van der Waals surface area contributed by atoms with Crippen molar-refractivity contribution in [3.8, 4) is 5.75 Å². The van der Waals surface area contributed by atoms with Crippen LogP contribution in [0.5, 0.6) is 5.75 Å². The van der Waals surface area contributed by atoms with Gasteiger partial charge in [-0.15, -0.1) is 0 Å². The fourth-order valence-corrected chi connectivity index (χ4v) is 1.01. The summed E-state index contributed by atoms with van der Waals surface area (Å²) in [5.74, 6) is -0.266. The van der Waals surface area contributed by atoms with E-state index in [9.17, 15) is 4.39 Å². The summed E-state index contributed by atoms with van der Waals surface area (Å²) in [5.41, 5.74) is 5.90. The number of hydrogen-bond acceptors (Lipinski definition) is 3. The molecule has 4 heteroatoms. The quantitative estimate of drug-likeness (QED) is 0.742. The van der Waals surface area contributed by atoms with E-state index in [4.69, 9.17) is 10.5 Å². The van der Waals surface area contributed by atoms with Crippen LogP contribution in [0.1, 0.15) is 0 Å². The summed E-state index contributed by atoms with van der Waals surface area (Å²) in [4.78, 5) is 1.96. The van der Waals surface area contributed by atoms with Crippen LogP contribution in [0.2, 0.25) is 0 Å². The van der Waals surface area contributed by atoms with Gasteiger partial charge in [0.2, 0.25) is 0 Å². The molecule has 0 unspecified atom stereocenters. The van der Waals surface area contributed by atoms with Gasteiger partial charge in [-0.3, -0.25) is 0 Å². The zero-order valence-corrected chi connectivity index (χ0v) is 8.46. The predicted octanol–water partition coefficient (Wildman–Crippen LogP) is 1.35. The maximum Gasteiger partial charge on any atom is 0.177 e. The molecule has 0 atom stereocenters. The maximum atomic E-state index is 13.2. The number of nitrogen functional groups attached to an aromatic ring is 1. The van der Waals surface area contributed by atoms with Crippen LogP contribution in [-0.4, -0.2) is 32.1 Å². The van der Waals surface area contributed by atoms with E-state index in [2.05, 4.69) is 0 Å². The molecule has 1 rings (SSSR count). The zero-order chi connectivity index (χ0) is 10.6. The first-order valence-electron chi connectivity index (χ1n) is 4.43. The summed E-state index contributed by atoms with van der Waals surface area (Å²) >= 11 is 0. The Balaban J connectivity index is 2.58. The van der Waals surface area contributed by atoms with E-state index >= 15 is 0 Å². The molecule has 0 saturated carbocycles. The molecule has 0 aromatic heterocycles. The van der Waals surface area contributed by atoms with E-state index in [0.717, 1.165) is 6.54 Å². The number of rotatable bonds is 4. The van der Waals surface area contributed by atoms with Crippen molar-refractivity contribution in [2.45, 2.75) is 0 Å². The van der Waals surface area contributed by atoms with Gasteiger partial charge in [-0.2, -0.15) is 0 Å². The second kappa shape index (κ2) is 4.81. The van der Waals surface area contributed by atoms with Crippen LogP contribution in [0.4, 0.5) is 10.1 Å². The standard InChI is InChI=1S/C10H15FN2O/c1-13(2)6-7-14-10-8(11)4-3-5-9(10)12/h3-5H,6-7,12H2,1-2H3. The van der Waals surface area contributed by atoms with Crippen molar-refractivity contribution in [2.24, 2.45) is 0 Å². The Kier molecular flexibility index (Phi) is 3.71. The largest absolute Gasteiger partial charge is 0.487 e. The number of anilines is 1. The number of para-hydroxylation sites is 1. The van der Waals surface area contributed by atoms with Gasteiger partial charge in [0.15, 0.2) is 11.6 Å². The van der Waals surface area contributed by atoms with Crippen LogP contribution in [-0.2, 0) is 0 Å². The molecule has 0 radical (unpaired) electrons. The van der Waals surface area contributed by atoms with Gasteiger partial charge in [-0.1, -0.05) is 6.07 Å². The lowest BCUT2D eigenvalue weighted by molar-refractivity contribution is 0.253. The first-order chi connectivity index (χ1) is 6.61. The second-order valence-electron chi connectivity index (χ2n) is 3.31. The number of ether oxygens (including phenoxy) is 1. The Bertz CT molecular complexity index is 282. The minimum Gasteiger partial charge on any atom is -0.487 e. The van der Waals surface area contributed by atoms with Gasteiger partial charge in [0, 0.05) is 6.54 Å². The maximum absolute atomic E-state index is 13.2. The highest BCUT2D eigenvalue weighted by Gasteiger charge is 2.06. The lowest BCUT2D eigenvalue weighted by atomic mass is 10.3. The lowest BCUT2D eigenvalue weighted by Crippen LogP contribution is -2.20. The van der Waals surface area contributed by atoms with E-state index in [1.807, 2.05) is 19.0 Å². The van der Waals surface area contributed by atoms with E-state index in [1.165, 1.54) is 6.07 Å². The van der Waals surface area contributed by atoms with Crippen LogP contribution >= 0.6 is 0 Å². The minimum atomic E-state index is -0.413. The molecule has 1 aromatic carbocycles. The Hall–Kier alpha value is -1.29. The van der Waals surface area contributed by atoms with Crippen LogP contribution < -0.4 is 10.5 Å². The molecule has 14 heavy (non-hydrogen) atoms. The summed E-state index contributed by atoms with van der Waals surface area (Å²) in [6.45, 7) is 1.16. The summed E-state index contributed by atoms with van der Waals surface area (Å²) in [6, 6.07) is 4.51. The van der Waals surface area contributed by atoms with Crippen LogP contribution in [0.3, 0.4) is 0 Å². The van der Waals surface area contributed by atoms with Gasteiger partial charge in [-0.05, 0) is 26.2 Å². The Morgan fingerprint density at radius 1 is 1.43 bits per heavy atom. The summed E-state index contributed by atoms with van der Waals surface area (Å²) in [5, 5.41) is 0. The average molecular weight is 198 g/mol. The first kappa shape index (κ1) is 10.8. The molecule has 0 fully saturated rings. The fraction of sp³-hybridized carbons (Fsp3) is 0.400. The van der Waals surface area contributed by atoms with Crippen molar-refractivity contribution < 1.29 is 9.13 Å². The summed E-state index contributed by atoms with van der Waals surface area (Å²) in [7, 11) is 3.85. The third kappa shape index (κ3) is 2.88. The highest BCUT2D eigenvalue weighted by molar-refractivity contribution is 5.52. The van der Waals surface area contributed by atoms with E-state index in [0.29, 0.717) is 12.3 Å². The normalized spacial score (nSPS) is 10.6. The van der Waals surface area contributed by atoms with Crippen molar-refractivity contribution in [1.82, 2.24) is 4.90 Å². The van der Waals surface area contributed by atoms with Crippen molar-refractivity contribution in [2.75, 3.05) is 33.0 Å². The minimum absolute atomic E-state index is 0.148. The highest BCUT2D eigenvalue weighted by atomic mass is 19.1. The second-order valence-corrected chi connectivity index (χ2v) is 3.31. The SMILES string of the molecule is CN(C)CCOc1c(N)cccc1F. The van der Waals surface area contributed by atoms with Gasteiger partial charge in [0.25, 0.3) is 0 Å². The molecule has 0 aliphatic heterocycles. The Morgan fingerprint density at radius 2 is 2.14 bits per heavy atom. The predicted molar refractivity (Wildman–Crippen MR) is 54.9 cm³/mol. The van der Waals surface area contributed by atoms with E-state index in [-0.39, 0.29) is 5.75 Å². The Labute approximate surface area is 83.3 Å². The Morgan fingerprint density at radius 3 is 2.71 bits per heavy atom. The van der Waals surface area contributed by atoms with Crippen LogP contribution in [0.15, 0.2) is 18.2 Å². The molecule has 0 bridgehead atoms. The molecule has 0 aliphatic rings. The number of hydrogen-bond donors (Lipinski definition) is 1. The third-order valence-electron chi connectivity index (χ3n) is 1.78. The van der Waals surface area contributed by atoms with Crippen LogP contribution in [0, 0.1) is 5.82 Å². The fourth-order valence-electron chi connectivity index (χ4n) is 1.01. The lowest BCUT2D eigenvalue weighted by Gasteiger charge is -2.12. The molecular formula is C10H15FN2O. The van der Waals surface area contributed by atoms with Gasteiger partial charge in [0.05, 0.1) is 5.69 Å². The van der Waals surface area contributed by atoms with Gasteiger partial charge < -0.3 is 15.4 Å². The molecule has 78 valence electrons. The topological polar surface area (TPSA) is 38.5 Å². The molecule has 2 N–H and O–H groups in total. The smallest absolute Gasteiger partial charge is 0.177 e. The molecule has 0 aliphatic carbocycles. The monoisotopic (exact) mass is 198 g/mol. The zero-order valence-electron chi connectivity index (χ0n) is 8.46. The number of halogens is 1. The van der Waals surface area contributed by atoms with Crippen LogP contribution in [0.25, 0.3) is 0 Å². The molecule has 3 nitrogen and oxygen atoms in total.